The van der Waals surface area contributed by atoms with Gasteiger partial charge in [0.15, 0.2) is 5.96 Å². The largest absolute Gasteiger partial charge is 0.497 e. The fourth-order valence-corrected chi connectivity index (χ4v) is 4.86. The number of nitrogens with one attached hydrogen (secondary N) is 2. The van der Waals surface area contributed by atoms with Crippen LogP contribution in [0.25, 0.3) is 0 Å². The maximum atomic E-state index is 12.3. The predicted octanol–water partition coefficient (Wildman–Crippen LogP) is 2.50. The first kappa shape index (κ1) is 23.4. The number of ether oxygens (including phenoxy) is 1. The lowest BCUT2D eigenvalue weighted by Crippen LogP contribution is -2.48. The number of guanidine groups is 1. The molecule has 31 heavy (non-hydrogen) atoms. The van der Waals surface area contributed by atoms with E-state index in [-0.39, 0.29) is 17.9 Å². The number of carbonyl (C=O) groups is 1. The molecule has 2 aliphatic heterocycles. The van der Waals surface area contributed by atoms with Crippen LogP contribution in [0.2, 0.25) is 0 Å². The molecular weight excluding hydrogens is 390 g/mol. The number of rotatable bonds is 6. The van der Waals surface area contributed by atoms with E-state index in [2.05, 4.69) is 39.7 Å². The number of benzene rings is 1. The van der Waals surface area contributed by atoms with Gasteiger partial charge in [0, 0.05) is 44.7 Å². The van der Waals surface area contributed by atoms with Crippen molar-refractivity contribution in [3.05, 3.63) is 29.8 Å². The van der Waals surface area contributed by atoms with E-state index >= 15 is 0 Å². The average Bonchev–Trinajstić information content (AvgIpc) is 3.24. The molecule has 2 heterocycles. The second kappa shape index (κ2) is 10.8. The molecule has 7 heteroatoms. The fourth-order valence-electron chi connectivity index (χ4n) is 4.86. The molecule has 0 saturated carbocycles. The number of methoxy groups -OCH3 is 1. The average molecular weight is 430 g/mol. The Morgan fingerprint density at radius 1 is 1.23 bits per heavy atom. The zero-order valence-electron chi connectivity index (χ0n) is 19.7. The van der Waals surface area contributed by atoms with Crippen LogP contribution in [0.5, 0.6) is 5.75 Å². The zero-order valence-corrected chi connectivity index (χ0v) is 19.7. The molecule has 1 aromatic rings. The SMILES string of the molecule is CN=C(NCC1CCCN(C)C1c1ccc(OC)cc1)NC1CCN(C(=O)C(C)C)C1. The van der Waals surface area contributed by atoms with E-state index in [1.165, 1.54) is 18.4 Å². The van der Waals surface area contributed by atoms with Gasteiger partial charge in [-0.25, -0.2) is 0 Å². The van der Waals surface area contributed by atoms with Crippen LogP contribution in [-0.4, -0.2) is 75.1 Å². The van der Waals surface area contributed by atoms with Crippen molar-refractivity contribution in [2.45, 2.75) is 45.2 Å². The Morgan fingerprint density at radius 2 is 1.97 bits per heavy atom. The molecule has 3 atom stereocenters. The topological polar surface area (TPSA) is 69.2 Å². The van der Waals surface area contributed by atoms with Crippen molar-refractivity contribution in [1.29, 1.82) is 0 Å². The maximum Gasteiger partial charge on any atom is 0.225 e. The van der Waals surface area contributed by atoms with E-state index in [1.54, 1.807) is 7.11 Å². The molecule has 3 unspecified atom stereocenters. The Balaban J connectivity index is 1.57. The second-order valence-electron chi connectivity index (χ2n) is 9.12. The molecule has 0 spiro atoms. The van der Waals surface area contributed by atoms with Gasteiger partial charge in [-0.3, -0.25) is 14.7 Å². The van der Waals surface area contributed by atoms with Crippen LogP contribution in [0, 0.1) is 11.8 Å². The minimum absolute atomic E-state index is 0.0503. The molecule has 0 radical (unpaired) electrons. The third-order valence-corrected chi connectivity index (χ3v) is 6.55. The van der Waals surface area contributed by atoms with Gasteiger partial charge in [0.1, 0.15) is 5.75 Å². The van der Waals surface area contributed by atoms with E-state index in [4.69, 9.17) is 4.74 Å². The molecule has 2 aliphatic rings. The van der Waals surface area contributed by atoms with E-state index in [1.807, 2.05) is 37.9 Å². The summed E-state index contributed by atoms with van der Waals surface area (Å²) in [5.41, 5.74) is 1.33. The summed E-state index contributed by atoms with van der Waals surface area (Å²) < 4.78 is 5.33. The monoisotopic (exact) mass is 429 g/mol. The summed E-state index contributed by atoms with van der Waals surface area (Å²) in [5, 5.41) is 7.08. The van der Waals surface area contributed by atoms with Gasteiger partial charge in [-0.2, -0.15) is 0 Å². The number of carbonyl (C=O) groups excluding carboxylic acids is 1. The quantitative estimate of drug-likeness (QED) is 0.537. The number of hydrogen-bond donors (Lipinski definition) is 2. The van der Waals surface area contributed by atoms with Gasteiger partial charge in [0.05, 0.1) is 7.11 Å². The van der Waals surface area contributed by atoms with Crippen molar-refractivity contribution >= 4 is 11.9 Å². The first-order valence-corrected chi connectivity index (χ1v) is 11.5. The highest BCUT2D eigenvalue weighted by atomic mass is 16.5. The highest BCUT2D eigenvalue weighted by molar-refractivity contribution is 5.81. The van der Waals surface area contributed by atoms with Gasteiger partial charge in [-0.1, -0.05) is 26.0 Å². The Labute approximate surface area is 187 Å². The van der Waals surface area contributed by atoms with Crippen LogP contribution < -0.4 is 15.4 Å². The van der Waals surface area contributed by atoms with E-state index in [0.29, 0.717) is 12.0 Å². The molecule has 172 valence electrons. The van der Waals surface area contributed by atoms with Crippen LogP contribution in [-0.2, 0) is 4.79 Å². The fraction of sp³-hybridized carbons (Fsp3) is 0.667. The predicted molar refractivity (Wildman–Crippen MR) is 125 cm³/mol. The standard InChI is InChI=1S/C24H39N5O2/c1-17(2)23(30)29-14-12-20(16-29)27-24(25-3)26-15-19-7-6-13-28(4)22(19)18-8-10-21(31-5)11-9-18/h8-11,17,19-20,22H,6-7,12-16H2,1-5H3,(H2,25,26,27). The van der Waals surface area contributed by atoms with Crippen LogP contribution in [0.15, 0.2) is 29.3 Å². The second-order valence-corrected chi connectivity index (χ2v) is 9.12. The Bertz CT molecular complexity index is 749. The molecule has 7 nitrogen and oxygen atoms in total. The van der Waals surface area contributed by atoms with Gasteiger partial charge in [-0.15, -0.1) is 0 Å². The summed E-state index contributed by atoms with van der Waals surface area (Å²) in [5.74, 6) is 2.50. The van der Waals surface area contributed by atoms with Crippen LogP contribution in [0.3, 0.4) is 0 Å². The van der Waals surface area contributed by atoms with Gasteiger partial charge in [0.2, 0.25) is 5.91 Å². The van der Waals surface area contributed by atoms with E-state index in [9.17, 15) is 4.79 Å². The number of hydrogen-bond acceptors (Lipinski definition) is 4. The third-order valence-electron chi connectivity index (χ3n) is 6.55. The lowest BCUT2D eigenvalue weighted by molar-refractivity contribution is -0.133. The summed E-state index contributed by atoms with van der Waals surface area (Å²) >= 11 is 0. The van der Waals surface area contributed by atoms with Crippen molar-refractivity contribution in [2.24, 2.45) is 16.8 Å². The van der Waals surface area contributed by atoms with Crippen molar-refractivity contribution in [3.63, 3.8) is 0 Å². The highest BCUT2D eigenvalue weighted by Gasteiger charge is 2.31. The molecular formula is C24H39N5O2. The third kappa shape index (κ3) is 5.91. The summed E-state index contributed by atoms with van der Waals surface area (Å²) in [6.07, 6.45) is 3.35. The van der Waals surface area contributed by atoms with E-state index in [0.717, 1.165) is 44.3 Å². The number of amides is 1. The molecule has 1 aromatic carbocycles. The number of nitrogens with zero attached hydrogens (tertiary/aromatic N) is 3. The lowest BCUT2D eigenvalue weighted by atomic mass is 9.85. The number of aliphatic imine (C=N–C) groups is 1. The number of likely N-dealkylation sites (tertiary alicyclic amines) is 2. The van der Waals surface area contributed by atoms with Gasteiger partial charge in [-0.05, 0) is 56.5 Å². The van der Waals surface area contributed by atoms with Crippen LogP contribution in [0.1, 0.15) is 44.7 Å². The summed E-state index contributed by atoms with van der Waals surface area (Å²) in [6.45, 7) is 7.47. The molecule has 1 amide bonds. The van der Waals surface area contributed by atoms with Gasteiger partial charge in [0.25, 0.3) is 0 Å². The van der Waals surface area contributed by atoms with Gasteiger partial charge < -0.3 is 20.3 Å². The van der Waals surface area contributed by atoms with Crippen molar-refractivity contribution in [2.75, 3.05) is 47.4 Å². The first-order chi connectivity index (χ1) is 14.9. The van der Waals surface area contributed by atoms with Crippen molar-refractivity contribution < 1.29 is 9.53 Å². The molecule has 0 bridgehead atoms. The van der Waals surface area contributed by atoms with Crippen molar-refractivity contribution in [3.8, 4) is 5.75 Å². The zero-order chi connectivity index (χ0) is 22.4. The first-order valence-electron chi connectivity index (χ1n) is 11.5. The molecule has 3 rings (SSSR count). The highest BCUT2D eigenvalue weighted by Crippen LogP contribution is 2.35. The van der Waals surface area contributed by atoms with E-state index < -0.39 is 0 Å². The molecule has 2 fully saturated rings. The minimum Gasteiger partial charge on any atom is -0.497 e. The minimum atomic E-state index is 0.0503. The Morgan fingerprint density at radius 3 is 2.61 bits per heavy atom. The molecule has 2 saturated heterocycles. The molecule has 2 N–H and O–H groups in total. The van der Waals surface area contributed by atoms with Crippen LogP contribution in [0.4, 0.5) is 0 Å². The summed E-state index contributed by atoms with van der Waals surface area (Å²) in [4.78, 5) is 21.1. The normalized spacial score (nSPS) is 25.0. The lowest BCUT2D eigenvalue weighted by Gasteiger charge is -2.40. The van der Waals surface area contributed by atoms with Gasteiger partial charge >= 0.3 is 0 Å². The summed E-state index contributed by atoms with van der Waals surface area (Å²) in [6, 6.07) is 9.09. The maximum absolute atomic E-state index is 12.3. The van der Waals surface area contributed by atoms with Crippen LogP contribution >= 0.6 is 0 Å². The smallest absolute Gasteiger partial charge is 0.225 e. The molecule has 0 aliphatic carbocycles. The Hall–Kier alpha value is -2.28. The summed E-state index contributed by atoms with van der Waals surface area (Å²) in [7, 11) is 5.73. The van der Waals surface area contributed by atoms with Crippen molar-refractivity contribution in [1.82, 2.24) is 20.4 Å². The Kier molecular flexibility index (Phi) is 8.18. The number of piperidine rings is 1. The molecule has 0 aromatic heterocycles.